The van der Waals surface area contributed by atoms with E-state index in [0.717, 1.165) is 17.1 Å². The molecule has 11 nitrogen and oxygen atoms in total. The first-order valence-corrected chi connectivity index (χ1v) is 10.4. The van der Waals surface area contributed by atoms with Crippen LogP contribution < -0.4 is 26.3 Å². The smallest absolute Gasteiger partial charge is 0.270 e. The number of nitrogens with zero attached hydrogens (tertiary/aromatic N) is 2. The van der Waals surface area contributed by atoms with E-state index >= 15 is 0 Å². The van der Waals surface area contributed by atoms with E-state index in [4.69, 9.17) is 25.7 Å². The van der Waals surface area contributed by atoms with E-state index in [1.807, 2.05) is 6.07 Å². The molecule has 1 aromatic heterocycles. The van der Waals surface area contributed by atoms with Crippen molar-refractivity contribution in [2.45, 2.75) is 6.42 Å². The summed E-state index contributed by atoms with van der Waals surface area (Å²) in [6.07, 6.45) is 0.429. The lowest BCUT2D eigenvalue weighted by molar-refractivity contribution is -0.122. The molecule has 0 aliphatic rings. The zero-order valence-corrected chi connectivity index (χ0v) is 19.0. The summed E-state index contributed by atoms with van der Waals surface area (Å²) in [6.45, 7) is 0.644. The van der Waals surface area contributed by atoms with Gasteiger partial charge in [-0.25, -0.2) is 0 Å². The van der Waals surface area contributed by atoms with E-state index in [-0.39, 0.29) is 35.3 Å². The number of hydrogen-bond donors (Lipinski definition) is 3. The lowest BCUT2D eigenvalue weighted by Gasteiger charge is -2.22. The third-order valence-corrected chi connectivity index (χ3v) is 5.37. The van der Waals surface area contributed by atoms with E-state index in [9.17, 15) is 14.4 Å². The van der Waals surface area contributed by atoms with Gasteiger partial charge in [0.15, 0.2) is 17.2 Å². The molecule has 0 aliphatic carbocycles. The second-order valence-corrected chi connectivity index (χ2v) is 7.42. The Labute approximate surface area is 189 Å². The van der Waals surface area contributed by atoms with Crippen molar-refractivity contribution in [3.05, 3.63) is 34.3 Å². The van der Waals surface area contributed by atoms with Gasteiger partial charge in [-0.15, -0.1) is 0 Å². The van der Waals surface area contributed by atoms with Crippen LogP contribution in [-0.2, 0) is 16.0 Å². The van der Waals surface area contributed by atoms with E-state index in [1.54, 1.807) is 19.2 Å². The molecule has 0 bridgehead atoms. The van der Waals surface area contributed by atoms with Gasteiger partial charge in [-0.05, 0) is 35.6 Å². The lowest BCUT2D eigenvalue weighted by atomic mass is 10.1. The Morgan fingerprint density at radius 2 is 1.88 bits per heavy atom. The SMILES string of the molecule is COCCNC(=O)CN(CCc1ccc(OC)c(OC)c1)C(=O)c1snc(C(N)=O)c1N. The minimum atomic E-state index is -0.827. The van der Waals surface area contributed by atoms with Crippen molar-refractivity contribution in [1.82, 2.24) is 14.6 Å². The minimum Gasteiger partial charge on any atom is -0.493 e. The third-order valence-electron chi connectivity index (χ3n) is 4.52. The molecule has 2 aromatic rings. The molecule has 5 N–H and O–H groups in total. The molecule has 3 amide bonds. The van der Waals surface area contributed by atoms with Gasteiger partial charge in [-0.3, -0.25) is 14.4 Å². The predicted molar refractivity (Wildman–Crippen MR) is 119 cm³/mol. The van der Waals surface area contributed by atoms with Crippen molar-refractivity contribution in [2.75, 3.05) is 53.3 Å². The molecular formula is C20H27N5O6S. The summed E-state index contributed by atoms with van der Waals surface area (Å²) in [7, 11) is 4.60. The number of ether oxygens (including phenoxy) is 3. The maximum absolute atomic E-state index is 13.1. The quantitative estimate of drug-likeness (QED) is 0.377. The van der Waals surface area contributed by atoms with Gasteiger partial charge in [0.1, 0.15) is 4.88 Å². The largest absolute Gasteiger partial charge is 0.493 e. The first-order valence-electron chi connectivity index (χ1n) is 9.63. The fraction of sp³-hybridized carbons (Fsp3) is 0.400. The molecule has 12 heteroatoms. The zero-order valence-electron chi connectivity index (χ0n) is 18.2. The molecule has 0 unspecified atom stereocenters. The van der Waals surface area contributed by atoms with E-state index < -0.39 is 11.8 Å². The second kappa shape index (κ2) is 11.9. The summed E-state index contributed by atoms with van der Waals surface area (Å²) in [4.78, 5) is 38.3. The van der Waals surface area contributed by atoms with Gasteiger partial charge in [-0.2, -0.15) is 4.37 Å². The number of methoxy groups -OCH3 is 3. The Kier molecular flexibility index (Phi) is 9.22. The van der Waals surface area contributed by atoms with Gasteiger partial charge in [0.2, 0.25) is 5.91 Å². The Hall–Kier alpha value is -3.38. The summed E-state index contributed by atoms with van der Waals surface area (Å²) in [5, 5.41) is 2.68. The van der Waals surface area contributed by atoms with Gasteiger partial charge < -0.3 is 35.9 Å². The first kappa shape index (κ1) is 24.9. The lowest BCUT2D eigenvalue weighted by Crippen LogP contribution is -2.42. The fourth-order valence-corrected chi connectivity index (χ4v) is 3.62. The monoisotopic (exact) mass is 465 g/mol. The third kappa shape index (κ3) is 6.31. The van der Waals surface area contributed by atoms with Crippen molar-refractivity contribution in [2.24, 2.45) is 5.73 Å². The average molecular weight is 466 g/mol. The summed E-state index contributed by atoms with van der Waals surface area (Å²) < 4.78 is 19.3. The van der Waals surface area contributed by atoms with Crippen LogP contribution in [0.15, 0.2) is 18.2 Å². The fourth-order valence-electron chi connectivity index (χ4n) is 2.85. The summed E-state index contributed by atoms with van der Waals surface area (Å²) in [5.74, 6) is -0.570. The molecular weight excluding hydrogens is 438 g/mol. The van der Waals surface area contributed by atoms with E-state index in [1.165, 1.54) is 19.1 Å². The number of hydrogen-bond acceptors (Lipinski definition) is 9. The van der Waals surface area contributed by atoms with Crippen LogP contribution in [0.25, 0.3) is 0 Å². The number of carbonyl (C=O) groups is 3. The first-order chi connectivity index (χ1) is 15.3. The maximum Gasteiger partial charge on any atom is 0.270 e. The highest BCUT2D eigenvalue weighted by atomic mass is 32.1. The Morgan fingerprint density at radius 1 is 1.16 bits per heavy atom. The van der Waals surface area contributed by atoms with Crippen molar-refractivity contribution in [1.29, 1.82) is 0 Å². The number of nitrogen functional groups attached to an aromatic ring is 1. The second-order valence-electron chi connectivity index (χ2n) is 6.65. The molecule has 0 atom stereocenters. The van der Waals surface area contributed by atoms with Gasteiger partial charge in [-0.1, -0.05) is 6.07 Å². The summed E-state index contributed by atoms with van der Waals surface area (Å²) in [6, 6.07) is 5.40. The molecule has 0 saturated carbocycles. The number of amides is 3. The van der Waals surface area contributed by atoms with E-state index in [2.05, 4.69) is 9.69 Å². The zero-order chi connectivity index (χ0) is 23.7. The van der Waals surface area contributed by atoms with Crippen LogP contribution in [0.4, 0.5) is 5.69 Å². The van der Waals surface area contributed by atoms with Crippen LogP contribution in [0.2, 0.25) is 0 Å². The molecule has 2 rings (SSSR count). The normalized spacial score (nSPS) is 10.5. The Morgan fingerprint density at radius 3 is 2.47 bits per heavy atom. The molecule has 0 saturated heterocycles. The van der Waals surface area contributed by atoms with Crippen molar-refractivity contribution >= 4 is 34.9 Å². The van der Waals surface area contributed by atoms with Crippen LogP contribution in [0.3, 0.4) is 0 Å². The van der Waals surface area contributed by atoms with Gasteiger partial charge >= 0.3 is 0 Å². The summed E-state index contributed by atoms with van der Waals surface area (Å²) >= 11 is 0.767. The number of rotatable bonds is 12. The van der Waals surface area contributed by atoms with Crippen molar-refractivity contribution < 1.29 is 28.6 Å². The topological polar surface area (TPSA) is 159 Å². The number of carbonyl (C=O) groups excluding carboxylic acids is 3. The maximum atomic E-state index is 13.1. The van der Waals surface area contributed by atoms with Crippen LogP contribution in [-0.4, -0.2) is 74.6 Å². The number of aromatic nitrogens is 1. The van der Waals surface area contributed by atoms with Crippen LogP contribution in [0, 0.1) is 0 Å². The molecule has 0 spiro atoms. The average Bonchev–Trinajstić information content (AvgIpc) is 3.17. The standard InChI is InChI=1S/C20H27N5O6S/c1-29-9-7-23-15(26)11-25(20(28)18-16(21)17(19(22)27)24-32-18)8-6-12-4-5-13(30-2)14(10-12)31-3/h4-5,10H,6-9,11,21H2,1-3H3,(H2,22,27)(H,23,26). The van der Waals surface area contributed by atoms with Crippen LogP contribution in [0.5, 0.6) is 11.5 Å². The van der Waals surface area contributed by atoms with Gasteiger partial charge in [0.25, 0.3) is 11.8 Å². The van der Waals surface area contributed by atoms with Crippen LogP contribution >= 0.6 is 11.5 Å². The molecule has 1 aromatic carbocycles. The Bertz CT molecular complexity index is 964. The van der Waals surface area contributed by atoms with Crippen molar-refractivity contribution in [3.63, 3.8) is 0 Å². The molecule has 174 valence electrons. The molecule has 0 fully saturated rings. The highest BCUT2D eigenvalue weighted by Gasteiger charge is 2.26. The number of anilines is 1. The highest BCUT2D eigenvalue weighted by molar-refractivity contribution is 7.09. The highest BCUT2D eigenvalue weighted by Crippen LogP contribution is 2.28. The van der Waals surface area contributed by atoms with Crippen molar-refractivity contribution in [3.8, 4) is 11.5 Å². The van der Waals surface area contributed by atoms with Gasteiger partial charge in [0, 0.05) is 20.2 Å². The predicted octanol–water partition coefficient (Wildman–Crippen LogP) is 0.289. The van der Waals surface area contributed by atoms with E-state index in [0.29, 0.717) is 31.1 Å². The van der Waals surface area contributed by atoms with Gasteiger partial charge in [0.05, 0.1) is 33.1 Å². The molecule has 0 aliphatic heterocycles. The molecule has 32 heavy (non-hydrogen) atoms. The number of primary amides is 1. The molecule has 1 heterocycles. The number of nitrogens with one attached hydrogen (secondary N) is 1. The molecule has 0 radical (unpaired) electrons. The summed E-state index contributed by atoms with van der Waals surface area (Å²) in [5.41, 5.74) is 11.8. The van der Waals surface area contributed by atoms with Crippen LogP contribution in [0.1, 0.15) is 25.7 Å². The minimum absolute atomic E-state index is 0.0517. The number of nitrogens with two attached hydrogens (primary N) is 2. The number of benzene rings is 1. The Balaban J connectivity index is 2.21.